The predicted molar refractivity (Wildman–Crippen MR) is 214 cm³/mol. The van der Waals surface area contributed by atoms with E-state index in [0.717, 1.165) is 84.1 Å². The van der Waals surface area contributed by atoms with Gasteiger partial charge in [-0.3, -0.25) is 30.3 Å². The summed E-state index contributed by atoms with van der Waals surface area (Å²) in [6.07, 6.45) is 9.07. The van der Waals surface area contributed by atoms with Crippen molar-refractivity contribution in [3.05, 3.63) is 88.7 Å². The summed E-state index contributed by atoms with van der Waals surface area (Å²) in [5.41, 5.74) is 13.8. The average molecular weight is 787 g/mol. The molecule has 3 N–H and O–H groups in total. The number of aryl methyl sites for hydroxylation is 2. The number of thioether (sulfide) groups is 1. The van der Waals surface area contributed by atoms with Crippen LogP contribution in [0.3, 0.4) is 0 Å². The number of allylic oxidation sites excluding steroid dienone is 4. The second kappa shape index (κ2) is 16.7. The monoisotopic (exact) mass is 786 g/mol. The molecular weight excluding hydrogens is 742 g/mol. The molecular formula is C42H44FeN5O5S-. The number of aromatic nitrogens is 4. The number of carboxylic acid groups (broad SMARTS) is 1. The van der Waals surface area contributed by atoms with Gasteiger partial charge in [0.15, 0.2) is 0 Å². The largest absolute Gasteiger partial charge is 0.481 e. The van der Waals surface area contributed by atoms with Gasteiger partial charge in [-0.2, -0.15) is 0 Å². The van der Waals surface area contributed by atoms with Gasteiger partial charge in [-0.1, -0.05) is 25.3 Å². The number of amides is 2. The van der Waals surface area contributed by atoms with Gasteiger partial charge >= 0.3 is 5.97 Å². The summed E-state index contributed by atoms with van der Waals surface area (Å²) < 4.78 is 0. The van der Waals surface area contributed by atoms with E-state index in [-0.39, 0.29) is 66.9 Å². The van der Waals surface area contributed by atoms with Crippen LogP contribution in [0.1, 0.15) is 104 Å². The smallest absolute Gasteiger partial charge is 0.303 e. The number of aliphatic carboxylic acids is 1. The summed E-state index contributed by atoms with van der Waals surface area (Å²) in [5, 5.41) is 9.16. The molecule has 1 atom stereocenters. The third-order valence-corrected chi connectivity index (χ3v) is 11.3. The van der Waals surface area contributed by atoms with Gasteiger partial charge in [0, 0.05) is 82.5 Å². The molecule has 0 radical (unpaired) electrons. The molecule has 10 nitrogen and oxygen atoms in total. The first-order chi connectivity index (χ1) is 25.3. The zero-order valence-corrected chi connectivity index (χ0v) is 32.9. The number of nitrogens with one attached hydrogen (secondary N) is 2. The number of Topliss-reactive ketones (excluding diaryl/α,β-unsaturated/α-hetero) is 1. The number of rotatable bonds is 13. The number of hydrogen-bond acceptors (Lipinski definition) is 7. The minimum Gasteiger partial charge on any atom is -0.481 e. The van der Waals surface area contributed by atoms with Crippen molar-refractivity contribution < 1.29 is 41.4 Å². The van der Waals surface area contributed by atoms with Crippen LogP contribution >= 0.6 is 11.8 Å². The molecule has 0 aliphatic carbocycles. The number of likely N-dealkylation sites (tertiary alicyclic amines) is 1. The quantitative estimate of drug-likeness (QED) is 0.0885. The van der Waals surface area contributed by atoms with Gasteiger partial charge < -0.3 is 26.8 Å². The van der Waals surface area contributed by atoms with Gasteiger partial charge in [-0.15, -0.1) is 0 Å². The van der Waals surface area contributed by atoms with Gasteiger partial charge in [0.1, 0.15) is 5.78 Å². The molecule has 1 saturated heterocycles. The maximum absolute atomic E-state index is 13.2. The van der Waals surface area contributed by atoms with Crippen molar-refractivity contribution in [3.63, 3.8) is 0 Å². The first-order valence-electron chi connectivity index (χ1n) is 17.7. The zero-order chi connectivity index (χ0) is 38.1. The molecule has 0 saturated carbocycles. The van der Waals surface area contributed by atoms with E-state index in [0.29, 0.717) is 36.3 Å². The van der Waals surface area contributed by atoms with Crippen molar-refractivity contribution in [1.82, 2.24) is 24.8 Å². The summed E-state index contributed by atoms with van der Waals surface area (Å²) >= 11 is 1.13. The van der Waals surface area contributed by atoms with E-state index >= 15 is 0 Å². The summed E-state index contributed by atoms with van der Waals surface area (Å²) in [7, 11) is 0. The number of fused-ring (bicyclic) bond motifs is 8. The molecule has 3 aliphatic heterocycles. The SMILES string of the molecule is C=Cc1c(C)c2cc3[nH]c(cc4nc(cc5nc(cc1[nH]2)C(C)=C5CCC(=O)O)C(CCC(=O)CCCN1C(=O)CC(S[CH2-])C1=O)=C4C)c(C)c3C=C.[Fe]. The van der Waals surface area contributed by atoms with Gasteiger partial charge in [-0.05, 0) is 105 Å². The second-order valence-electron chi connectivity index (χ2n) is 13.7. The molecule has 0 aromatic carbocycles. The Hall–Kier alpha value is -4.77. The van der Waals surface area contributed by atoms with E-state index in [1.54, 1.807) is 0 Å². The molecule has 8 bridgehead atoms. The van der Waals surface area contributed by atoms with E-state index in [1.165, 1.54) is 4.90 Å². The number of imide groups is 1. The van der Waals surface area contributed by atoms with Gasteiger partial charge in [0.05, 0.1) is 28.0 Å². The number of carbonyl (C=O) groups is 4. The Kier molecular flexibility index (Phi) is 12.5. The number of ketones is 1. The molecule has 3 aliphatic rings. The van der Waals surface area contributed by atoms with Crippen LogP contribution in [0.5, 0.6) is 0 Å². The molecule has 1 fully saturated rings. The van der Waals surface area contributed by atoms with Crippen LogP contribution in [-0.4, -0.2) is 65.3 Å². The Labute approximate surface area is 329 Å². The summed E-state index contributed by atoms with van der Waals surface area (Å²) in [5.74, 6) is -1.32. The van der Waals surface area contributed by atoms with E-state index in [4.69, 9.17) is 9.97 Å². The third kappa shape index (κ3) is 7.87. The Bertz CT molecular complexity index is 2330. The van der Waals surface area contributed by atoms with Crippen molar-refractivity contribution in [2.45, 2.75) is 77.9 Å². The van der Waals surface area contributed by atoms with E-state index in [2.05, 4.69) is 35.4 Å². The number of hydrogen-bond donors (Lipinski definition) is 3. The molecule has 2 amide bonds. The van der Waals surface area contributed by atoms with Crippen molar-refractivity contribution in [2.24, 2.45) is 0 Å². The van der Waals surface area contributed by atoms with Crippen molar-refractivity contribution in [2.75, 3.05) is 6.54 Å². The maximum atomic E-state index is 13.2. The first kappa shape index (κ1) is 40.4. The molecule has 1 unspecified atom stereocenters. The van der Waals surface area contributed by atoms with Crippen molar-refractivity contribution >= 4 is 91.8 Å². The predicted octanol–water partition coefficient (Wildman–Crippen LogP) is 8.72. The molecule has 12 heteroatoms. The van der Waals surface area contributed by atoms with Crippen LogP contribution in [-0.2, 0) is 36.2 Å². The van der Waals surface area contributed by atoms with Gasteiger partial charge in [-0.25, -0.2) is 9.97 Å². The Balaban J connectivity index is 0.00000561. The third-order valence-electron chi connectivity index (χ3n) is 10.5. The molecule has 0 spiro atoms. The fourth-order valence-electron chi connectivity index (χ4n) is 7.38. The van der Waals surface area contributed by atoms with E-state index < -0.39 is 11.2 Å². The summed E-state index contributed by atoms with van der Waals surface area (Å²) in [6, 6.07) is 7.97. The van der Waals surface area contributed by atoms with Crippen molar-refractivity contribution in [1.29, 1.82) is 0 Å². The van der Waals surface area contributed by atoms with Gasteiger partial charge in [0.25, 0.3) is 0 Å². The van der Waals surface area contributed by atoms with E-state index in [1.807, 2.05) is 58.0 Å². The van der Waals surface area contributed by atoms with Crippen LogP contribution in [0.15, 0.2) is 37.4 Å². The number of aromatic amines is 2. The topological polar surface area (TPSA) is 149 Å². The van der Waals surface area contributed by atoms with Crippen LogP contribution in [0.4, 0.5) is 0 Å². The summed E-state index contributed by atoms with van der Waals surface area (Å²) in [4.78, 5) is 68.3. The molecule has 6 rings (SSSR count). The number of carboxylic acids is 1. The molecule has 6 heterocycles. The zero-order valence-electron chi connectivity index (χ0n) is 31.0. The Morgan fingerprint density at radius 3 is 1.87 bits per heavy atom. The standard InChI is InChI=1S/C42H44N5O5S.Fe/c1-8-27-22(3)31-17-32-24(5)29(13-12-26(48)11-10-16-47-40(49)21-39(53-7)42(47)52)37(45-32)20-38-30(14-15-41(50)51)25(6)34(46-38)19-36-28(9-2)23(4)33(44-36)18-35(27)43-31;/h8-9,17-20,39,43-44H,1-2,7,10-16,21H2,3-6H3,(H,50,51);/q-1;. The molecule has 3 aromatic rings. The summed E-state index contributed by atoms with van der Waals surface area (Å²) in [6.45, 7) is 16.4. The van der Waals surface area contributed by atoms with Crippen molar-refractivity contribution in [3.8, 4) is 0 Å². The molecule has 282 valence electrons. The van der Waals surface area contributed by atoms with E-state index in [9.17, 15) is 24.3 Å². The number of carbonyl (C=O) groups excluding carboxylic acids is 3. The first-order valence-corrected chi connectivity index (χ1v) is 18.8. The number of H-pyrrole nitrogens is 2. The second-order valence-corrected chi connectivity index (χ2v) is 14.6. The van der Waals surface area contributed by atoms with Crippen LogP contribution in [0.2, 0.25) is 0 Å². The van der Waals surface area contributed by atoms with Crippen LogP contribution in [0, 0.1) is 20.1 Å². The molecule has 54 heavy (non-hydrogen) atoms. The Morgan fingerprint density at radius 2 is 1.35 bits per heavy atom. The van der Waals surface area contributed by atoms with Crippen LogP contribution < -0.4 is 0 Å². The normalized spacial score (nSPS) is 15.6. The molecule has 3 aromatic heterocycles. The fourth-order valence-corrected chi connectivity index (χ4v) is 7.91. The minimum absolute atomic E-state index is 0. The Morgan fingerprint density at radius 1 is 0.833 bits per heavy atom. The minimum atomic E-state index is -0.896. The van der Waals surface area contributed by atoms with Gasteiger partial charge in [0.2, 0.25) is 11.8 Å². The fraction of sp³-hybridized carbons (Fsp3) is 0.310. The van der Waals surface area contributed by atoms with Crippen LogP contribution in [0.25, 0.3) is 56.5 Å². The average Bonchev–Trinajstić information content (AvgIpc) is 3.85. The number of nitrogens with zero attached hydrogens (tertiary/aromatic N) is 3. The maximum Gasteiger partial charge on any atom is 0.303 e.